The van der Waals surface area contributed by atoms with Gasteiger partial charge in [-0.05, 0) is 36.8 Å². The first kappa shape index (κ1) is 19.7. The Kier molecular flexibility index (Phi) is 5.10. The second kappa shape index (κ2) is 7.77. The maximum Gasteiger partial charge on any atom is 0.249 e. The summed E-state index contributed by atoms with van der Waals surface area (Å²) < 4.78 is 35.1. The van der Waals surface area contributed by atoms with Crippen LogP contribution in [0.15, 0.2) is 65.7 Å². The molecule has 8 heteroatoms. The topological polar surface area (TPSA) is 62.7 Å². The van der Waals surface area contributed by atoms with Crippen molar-refractivity contribution in [2.45, 2.75) is 37.1 Å². The summed E-state index contributed by atoms with van der Waals surface area (Å²) in [5.41, 5.74) is 0.958. The van der Waals surface area contributed by atoms with Crippen LogP contribution in [0.2, 0.25) is 0 Å². The first-order valence-electron chi connectivity index (χ1n) is 9.96. The number of hydrogen-bond acceptors (Lipinski definition) is 6. The molecular weight excluding hydrogens is 418 g/mol. The van der Waals surface area contributed by atoms with E-state index in [1.165, 1.54) is 9.75 Å². The minimum atomic E-state index is -3.74. The van der Waals surface area contributed by atoms with Gasteiger partial charge in [0.15, 0.2) is 0 Å². The van der Waals surface area contributed by atoms with Crippen molar-refractivity contribution in [3.8, 4) is 5.88 Å². The number of pyridine rings is 1. The molecule has 30 heavy (non-hydrogen) atoms. The summed E-state index contributed by atoms with van der Waals surface area (Å²) in [6.07, 6.45) is 1.32. The zero-order valence-electron chi connectivity index (χ0n) is 16.6. The Morgan fingerprint density at radius 3 is 2.67 bits per heavy atom. The molecule has 1 saturated heterocycles. The summed E-state index contributed by atoms with van der Waals surface area (Å²) in [7, 11) is -3.74. The van der Waals surface area contributed by atoms with Crippen LogP contribution in [0.4, 0.5) is 0 Å². The quantitative estimate of drug-likeness (QED) is 0.622. The van der Waals surface area contributed by atoms with Crippen molar-refractivity contribution in [3.63, 3.8) is 0 Å². The van der Waals surface area contributed by atoms with Gasteiger partial charge in [-0.3, -0.25) is 4.90 Å². The lowest BCUT2D eigenvalue weighted by Crippen LogP contribution is -2.46. The molecule has 0 N–H and O–H groups in total. The van der Waals surface area contributed by atoms with Crippen molar-refractivity contribution in [2.75, 3.05) is 13.1 Å². The maximum absolute atomic E-state index is 13.6. The molecule has 2 atom stereocenters. The predicted molar refractivity (Wildman–Crippen MR) is 116 cm³/mol. The molecule has 4 heterocycles. The zero-order valence-corrected chi connectivity index (χ0v) is 18.3. The minimum Gasteiger partial charge on any atom is -0.470 e. The average molecular weight is 442 g/mol. The smallest absolute Gasteiger partial charge is 0.249 e. The number of likely N-dealkylation sites (tertiary alicyclic amines) is 1. The van der Waals surface area contributed by atoms with Gasteiger partial charge in [-0.2, -0.15) is 4.31 Å². The highest BCUT2D eigenvalue weighted by molar-refractivity contribution is 7.89. The molecule has 0 spiro atoms. The molecule has 0 aliphatic carbocycles. The average Bonchev–Trinajstić information content (AvgIpc) is 3.31. The van der Waals surface area contributed by atoms with E-state index in [1.807, 2.05) is 30.3 Å². The lowest BCUT2D eigenvalue weighted by atomic mass is 10.1. The molecule has 0 unspecified atom stereocenters. The number of fused-ring (bicyclic) bond motifs is 2. The van der Waals surface area contributed by atoms with Gasteiger partial charge < -0.3 is 4.74 Å². The van der Waals surface area contributed by atoms with Crippen LogP contribution in [0.25, 0.3) is 0 Å². The fourth-order valence-corrected chi connectivity index (χ4v) is 6.85. The van der Waals surface area contributed by atoms with Gasteiger partial charge in [0, 0.05) is 42.1 Å². The van der Waals surface area contributed by atoms with E-state index in [0.717, 1.165) is 12.1 Å². The molecule has 5 rings (SSSR count). The zero-order chi connectivity index (χ0) is 20.7. The summed E-state index contributed by atoms with van der Waals surface area (Å²) in [6.45, 7) is 4.50. The molecule has 156 valence electrons. The summed E-state index contributed by atoms with van der Waals surface area (Å²) in [6, 6.07) is 16.9. The molecule has 2 aliphatic heterocycles. The minimum absolute atomic E-state index is 0.149. The van der Waals surface area contributed by atoms with Crippen molar-refractivity contribution < 1.29 is 13.2 Å². The van der Waals surface area contributed by atoms with E-state index in [4.69, 9.17) is 4.74 Å². The van der Waals surface area contributed by atoms with Crippen LogP contribution >= 0.6 is 11.3 Å². The fraction of sp³-hybridized carbons (Fsp3) is 0.318. The number of thiophene rings is 1. The molecule has 1 fully saturated rings. The highest BCUT2D eigenvalue weighted by Gasteiger charge is 2.47. The monoisotopic (exact) mass is 441 g/mol. The van der Waals surface area contributed by atoms with Crippen LogP contribution < -0.4 is 4.74 Å². The highest BCUT2D eigenvalue weighted by atomic mass is 32.2. The largest absolute Gasteiger partial charge is 0.470 e. The molecular formula is C22H23N3O3S2. The van der Waals surface area contributed by atoms with E-state index < -0.39 is 10.0 Å². The molecule has 0 amide bonds. The predicted octanol–water partition coefficient (Wildman–Crippen LogP) is 3.29. The Morgan fingerprint density at radius 2 is 1.90 bits per heavy atom. The van der Waals surface area contributed by atoms with Gasteiger partial charge in [-0.1, -0.05) is 30.3 Å². The van der Waals surface area contributed by atoms with Crippen LogP contribution in [-0.4, -0.2) is 47.8 Å². The number of sulfonamides is 1. The van der Waals surface area contributed by atoms with Crippen LogP contribution in [0.3, 0.4) is 0 Å². The molecule has 0 saturated carbocycles. The second-order valence-electron chi connectivity index (χ2n) is 7.77. The SMILES string of the molecule is Cc1ccc(CN2C[C@H]3Oc4ncccc4S(=O)(=O)N(Cc4ccccc4)[C@H]3C2)s1. The van der Waals surface area contributed by atoms with Gasteiger partial charge in [0.2, 0.25) is 15.9 Å². The number of ether oxygens (including phenoxy) is 1. The third-order valence-corrected chi connectivity index (χ3v) is 8.49. The van der Waals surface area contributed by atoms with Crippen molar-refractivity contribution >= 4 is 21.4 Å². The lowest BCUT2D eigenvalue weighted by molar-refractivity contribution is 0.144. The van der Waals surface area contributed by atoms with E-state index >= 15 is 0 Å². The standard InChI is InChI=1S/C22H23N3O3S2/c1-16-9-10-18(29-16)13-24-14-19-20(15-24)28-22-21(8-5-11-23-22)30(26,27)25(19)12-17-6-3-2-4-7-17/h2-11,19-20H,12-15H2,1H3/t19-,20+/m0/s1. The van der Waals surface area contributed by atoms with E-state index in [9.17, 15) is 8.42 Å². The van der Waals surface area contributed by atoms with Gasteiger partial charge in [0.25, 0.3) is 0 Å². The number of nitrogens with zero attached hydrogens (tertiary/aromatic N) is 3. The van der Waals surface area contributed by atoms with Crippen molar-refractivity contribution in [1.29, 1.82) is 0 Å². The second-order valence-corrected chi connectivity index (χ2v) is 11.0. The van der Waals surface area contributed by atoms with Crippen molar-refractivity contribution in [3.05, 3.63) is 76.1 Å². The normalized spacial score (nSPS) is 23.4. The highest BCUT2D eigenvalue weighted by Crippen LogP contribution is 2.36. The molecule has 1 aromatic carbocycles. The van der Waals surface area contributed by atoms with Crippen LogP contribution in [0.1, 0.15) is 15.3 Å². The summed E-state index contributed by atoms with van der Waals surface area (Å²) in [4.78, 5) is 9.23. The van der Waals surface area contributed by atoms with E-state index in [2.05, 4.69) is 28.9 Å². The number of rotatable bonds is 4. The Hall–Kier alpha value is -2.26. The number of benzene rings is 1. The summed E-state index contributed by atoms with van der Waals surface area (Å²) in [5, 5.41) is 0. The molecule has 3 aromatic rings. The number of aryl methyl sites for hydroxylation is 1. The maximum atomic E-state index is 13.6. The fourth-order valence-electron chi connectivity index (χ4n) is 4.22. The van der Waals surface area contributed by atoms with Crippen molar-refractivity contribution in [2.24, 2.45) is 0 Å². The molecule has 0 bridgehead atoms. The Morgan fingerprint density at radius 1 is 1.07 bits per heavy atom. The third-order valence-electron chi connectivity index (χ3n) is 5.63. The Labute approximate surface area is 180 Å². The molecule has 2 aliphatic rings. The molecule has 6 nitrogen and oxygen atoms in total. The summed E-state index contributed by atoms with van der Waals surface area (Å²) >= 11 is 1.78. The lowest BCUT2D eigenvalue weighted by Gasteiger charge is -2.28. The van der Waals surface area contributed by atoms with E-state index in [1.54, 1.807) is 34.0 Å². The molecule has 0 radical (unpaired) electrons. The number of hydrogen-bond donors (Lipinski definition) is 0. The Balaban J connectivity index is 1.50. The Bertz CT molecular complexity index is 1150. The van der Waals surface area contributed by atoms with Gasteiger partial charge >= 0.3 is 0 Å². The van der Waals surface area contributed by atoms with Gasteiger partial charge in [0.05, 0.1) is 6.04 Å². The third kappa shape index (κ3) is 3.65. The van der Waals surface area contributed by atoms with Crippen LogP contribution in [0.5, 0.6) is 5.88 Å². The van der Waals surface area contributed by atoms with Gasteiger partial charge in [-0.25, -0.2) is 13.4 Å². The van der Waals surface area contributed by atoms with Crippen LogP contribution in [0, 0.1) is 6.92 Å². The van der Waals surface area contributed by atoms with Gasteiger partial charge in [-0.15, -0.1) is 11.3 Å². The van der Waals surface area contributed by atoms with E-state index in [-0.39, 0.29) is 22.9 Å². The van der Waals surface area contributed by atoms with Crippen molar-refractivity contribution in [1.82, 2.24) is 14.2 Å². The van der Waals surface area contributed by atoms with E-state index in [0.29, 0.717) is 19.6 Å². The van der Waals surface area contributed by atoms with Gasteiger partial charge in [0.1, 0.15) is 11.0 Å². The summed E-state index contributed by atoms with van der Waals surface area (Å²) in [5.74, 6) is 0.205. The van der Waals surface area contributed by atoms with Crippen LogP contribution in [-0.2, 0) is 23.1 Å². The number of aromatic nitrogens is 1. The first-order chi connectivity index (χ1) is 14.5. The molecule has 2 aromatic heterocycles. The first-order valence-corrected chi connectivity index (χ1v) is 12.2.